The van der Waals surface area contributed by atoms with Crippen LogP contribution in [0.3, 0.4) is 0 Å². The van der Waals surface area contributed by atoms with E-state index < -0.39 is 5.54 Å². The average Bonchev–Trinajstić information content (AvgIpc) is 2.66. The molecule has 2 aromatic carbocycles. The Morgan fingerprint density at radius 2 is 1.23 bits per heavy atom. The molecule has 4 nitrogen and oxygen atoms in total. The molecule has 0 aliphatic carbocycles. The molecular weight excluding hydrogens is 367 g/mol. The van der Waals surface area contributed by atoms with Crippen molar-refractivity contribution in [2.45, 2.75) is 5.54 Å². The van der Waals surface area contributed by atoms with E-state index in [1.165, 1.54) is 0 Å². The zero-order chi connectivity index (χ0) is 18.3. The highest BCUT2D eigenvalue weighted by Crippen LogP contribution is 2.35. The average molecular weight is 383 g/mol. The highest BCUT2D eigenvalue weighted by molar-refractivity contribution is 6.31. The Bertz CT molecular complexity index is 1040. The zero-order valence-electron chi connectivity index (χ0n) is 13.8. The molecule has 2 heterocycles. The maximum Gasteiger partial charge on any atom is 0.0804 e. The topological polar surface area (TPSA) is 77.8 Å². The number of fused-ring (bicyclic) bond motifs is 2. The third-order valence-electron chi connectivity index (χ3n) is 4.69. The minimum atomic E-state index is -0.913. The van der Waals surface area contributed by atoms with Crippen LogP contribution in [0.2, 0.25) is 10.0 Å². The summed E-state index contributed by atoms with van der Waals surface area (Å²) < 4.78 is 0. The van der Waals surface area contributed by atoms with Crippen molar-refractivity contribution in [3.63, 3.8) is 0 Å². The van der Waals surface area contributed by atoms with Crippen LogP contribution in [-0.2, 0) is 5.54 Å². The second-order valence-electron chi connectivity index (χ2n) is 6.22. The number of benzene rings is 2. The fourth-order valence-corrected chi connectivity index (χ4v) is 3.72. The normalized spacial score (nSPS) is 12.0. The van der Waals surface area contributed by atoms with Crippen LogP contribution in [-0.4, -0.2) is 16.5 Å². The lowest BCUT2D eigenvalue weighted by Crippen LogP contribution is -2.45. The molecule has 0 amide bonds. The minimum absolute atomic E-state index is 0.219. The van der Waals surface area contributed by atoms with Gasteiger partial charge in [-0.25, -0.2) is 0 Å². The number of aromatic nitrogens is 2. The number of nitrogens with two attached hydrogens (primary N) is 2. The smallest absolute Gasteiger partial charge is 0.0804 e. The molecular formula is C20H16Cl2N4. The molecule has 4 aromatic rings. The summed E-state index contributed by atoms with van der Waals surface area (Å²) in [5, 5.41) is 3.09. The van der Waals surface area contributed by atoms with Crippen molar-refractivity contribution in [3.8, 4) is 0 Å². The molecule has 0 saturated heterocycles. The van der Waals surface area contributed by atoms with Gasteiger partial charge in [0.2, 0.25) is 0 Å². The van der Waals surface area contributed by atoms with E-state index in [1.807, 2.05) is 48.5 Å². The lowest BCUT2D eigenvalue weighted by molar-refractivity contribution is 0.560. The molecule has 0 radical (unpaired) electrons. The van der Waals surface area contributed by atoms with E-state index in [4.69, 9.17) is 34.7 Å². The Hall–Kier alpha value is -2.24. The summed E-state index contributed by atoms with van der Waals surface area (Å²) in [6, 6.07) is 15.0. The fraction of sp³-hybridized carbons (Fsp3) is 0.100. The summed E-state index contributed by atoms with van der Waals surface area (Å²) in [7, 11) is 0. The molecule has 0 saturated carbocycles. The first-order valence-electron chi connectivity index (χ1n) is 8.11. The van der Waals surface area contributed by atoms with Gasteiger partial charge in [-0.15, -0.1) is 0 Å². The molecule has 0 fully saturated rings. The van der Waals surface area contributed by atoms with Gasteiger partial charge >= 0.3 is 0 Å². The number of halogens is 2. The first-order valence-corrected chi connectivity index (χ1v) is 8.87. The standard InChI is InChI=1S/C20H16Cl2N4/c21-12-1-3-14-16(5-7-25-18(14)9-12)20(24,11-23)17-6-8-26-19-10-13(22)2-4-15(17)19/h1-10H,11,23-24H2. The van der Waals surface area contributed by atoms with Crippen LogP contribution in [0.15, 0.2) is 60.9 Å². The molecule has 0 aliphatic heterocycles. The van der Waals surface area contributed by atoms with Gasteiger partial charge in [-0.3, -0.25) is 9.97 Å². The van der Waals surface area contributed by atoms with E-state index in [9.17, 15) is 0 Å². The molecule has 4 rings (SSSR count). The number of rotatable bonds is 3. The first kappa shape index (κ1) is 17.2. The van der Waals surface area contributed by atoms with Crippen LogP contribution in [0.4, 0.5) is 0 Å². The summed E-state index contributed by atoms with van der Waals surface area (Å²) >= 11 is 12.2. The van der Waals surface area contributed by atoms with E-state index >= 15 is 0 Å². The van der Waals surface area contributed by atoms with Crippen LogP contribution < -0.4 is 11.5 Å². The second kappa shape index (κ2) is 6.49. The predicted molar refractivity (Wildman–Crippen MR) is 108 cm³/mol. The van der Waals surface area contributed by atoms with Gasteiger partial charge in [0, 0.05) is 39.8 Å². The SMILES string of the molecule is NCC(N)(c1ccnc2cc(Cl)ccc12)c1ccnc2cc(Cl)ccc12. The lowest BCUT2D eigenvalue weighted by atomic mass is 9.81. The summed E-state index contributed by atoms with van der Waals surface area (Å²) in [5.74, 6) is 0. The van der Waals surface area contributed by atoms with Crippen molar-refractivity contribution in [2.24, 2.45) is 11.5 Å². The Kier molecular flexibility index (Phi) is 4.29. The molecule has 0 bridgehead atoms. The monoisotopic (exact) mass is 382 g/mol. The summed E-state index contributed by atoms with van der Waals surface area (Å²) in [5.41, 5.74) is 15.5. The molecule has 4 N–H and O–H groups in total. The molecule has 0 unspecified atom stereocenters. The van der Waals surface area contributed by atoms with Crippen LogP contribution in [0, 0.1) is 0 Å². The quantitative estimate of drug-likeness (QED) is 0.554. The van der Waals surface area contributed by atoms with Gasteiger partial charge in [0.15, 0.2) is 0 Å². The highest BCUT2D eigenvalue weighted by Gasteiger charge is 2.32. The van der Waals surface area contributed by atoms with Crippen molar-refractivity contribution in [1.29, 1.82) is 0 Å². The summed E-state index contributed by atoms with van der Waals surface area (Å²) in [6.07, 6.45) is 3.46. The van der Waals surface area contributed by atoms with E-state index in [-0.39, 0.29) is 6.54 Å². The van der Waals surface area contributed by atoms with E-state index in [0.717, 1.165) is 32.9 Å². The minimum Gasteiger partial charge on any atom is -0.328 e. The van der Waals surface area contributed by atoms with Crippen LogP contribution in [0.1, 0.15) is 11.1 Å². The molecule has 2 aromatic heterocycles. The Morgan fingerprint density at radius 1 is 0.769 bits per heavy atom. The molecule has 0 aliphatic rings. The second-order valence-corrected chi connectivity index (χ2v) is 7.09. The molecule has 0 atom stereocenters. The van der Waals surface area contributed by atoms with Gasteiger partial charge in [0.25, 0.3) is 0 Å². The first-order chi connectivity index (χ1) is 12.5. The summed E-state index contributed by atoms with van der Waals surface area (Å²) in [6.45, 7) is 0.219. The number of hydrogen-bond donors (Lipinski definition) is 2. The van der Waals surface area contributed by atoms with E-state index in [2.05, 4.69) is 9.97 Å². The Balaban J connectivity index is 2.03. The molecule has 0 spiro atoms. The van der Waals surface area contributed by atoms with Gasteiger partial charge in [0.05, 0.1) is 16.6 Å². The maximum atomic E-state index is 6.90. The third-order valence-corrected chi connectivity index (χ3v) is 5.16. The Labute approximate surface area is 160 Å². The third kappa shape index (κ3) is 2.72. The number of pyridine rings is 2. The number of hydrogen-bond acceptors (Lipinski definition) is 4. The van der Waals surface area contributed by atoms with Gasteiger partial charge in [-0.1, -0.05) is 35.3 Å². The van der Waals surface area contributed by atoms with Gasteiger partial charge in [-0.2, -0.15) is 0 Å². The van der Waals surface area contributed by atoms with Crippen molar-refractivity contribution >= 4 is 45.0 Å². The van der Waals surface area contributed by atoms with E-state index in [1.54, 1.807) is 12.4 Å². The van der Waals surface area contributed by atoms with E-state index in [0.29, 0.717) is 10.0 Å². The van der Waals surface area contributed by atoms with Crippen LogP contribution in [0.5, 0.6) is 0 Å². The van der Waals surface area contributed by atoms with Crippen molar-refractivity contribution in [2.75, 3.05) is 6.54 Å². The van der Waals surface area contributed by atoms with Crippen LogP contribution >= 0.6 is 23.2 Å². The van der Waals surface area contributed by atoms with Crippen LogP contribution in [0.25, 0.3) is 21.8 Å². The summed E-state index contributed by atoms with van der Waals surface area (Å²) in [4.78, 5) is 8.81. The molecule has 6 heteroatoms. The lowest BCUT2D eigenvalue weighted by Gasteiger charge is -2.31. The predicted octanol–water partition coefficient (Wildman–Crippen LogP) is 4.25. The number of nitrogens with zero attached hydrogens (tertiary/aromatic N) is 2. The van der Waals surface area contributed by atoms with Crippen molar-refractivity contribution in [3.05, 3.63) is 82.1 Å². The largest absolute Gasteiger partial charge is 0.328 e. The Morgan fingerprint density at radius 3 is 1.65 bits per heavy atom. The molecule has 130 valence electrons. The van der Waals surface area contributed by atoms with Gasteiger partial charge in [-0.05, 0) is 47.5 Å². The zero-order valence-corrected chi connectivity index (χ0v) is 15.3. The molecule has 26 heavy (non-hydrogen) atoms. The van der Waals surface area contributed by atoms with Gasteiger partial charge in [0.1, 0.15) is 0 Å². The fourth-order valence-electron chi connectivity index (χ4n) is 3.39. The highest BCUT2D eigenvalue weighted by atomic mass is 35.5. The van der Waals surface area contributed by atoms with Crippen molar-refractivity contribution < 1.29 is 0 Å². The van der Waals surface area contributed by atoms with Gasteiger partial charge < -0.3 is 11.5 Å². The maximum absolute atomic E-state index is 6.90. The van der Waals surface area contributed by atoms with Crippen molar-refractivity contribution in [1.82, 2.24) is 9.97 Å².